The second-order valence-corrected chi connectivity index (χ2v) is 5.48. The molecule has 0 spiro atoms. The van der Waals surface area contributed by atoms with Crippen molar-refractivity contribution in [3.05, 3.63) is 0 Å². The van der Waals surface area contributed by atoms with Crippen molar-refractivity contribution < 1.29 is 4.79 Å². The molecule has 1 saturated carbocycles. The molecule has 2 aliphatic rings. The van der Waals surface area contributed by atoms with Crippen LogP contribution in [0.2, 0.25) is 0 Å². The van der Waals surface area contributed by atoms with Crippen molar-refractivity contribution in [3.8, 4) is 0 Å². The topological polar surface area (TPSA) is 70.4 Å². The number of nitrogens with zero attached hydrogens (tertiary/aromatic N) is 1. The normalized spacial score (nSPS) is 34.6. The van der Waals surface area contributed by atoms with Gasteiger partial charge in [-0.15, -0.1) is 0 Å². The first kappa shape index (κ1) is 12.6. The SMILES string of the molecule is CN1CC[C@H](NC(=O)N[C@H]2CC[C@H](N)CC2)C1. The molecule has 1 saturated heterocycles. The monoisotopic (exact) mass is 240 g/mol. The Balaban J connectivity index is 1.67. The molecular weight excluding hydrogens is 216 g/mol. The first-order valence-electron chi connectivity index (χ1n) is 6.64. The Morgan fingerprint density at radius 1 is 1.12 bits per heavy atom. The van der Waals surface area contributed by atoms with Gasteiger partial charge in [-0.05, 0) is 45.7 Å². The molecule has 0 aromatic rings. The van der Waals surface area contributed by atoms with E-state index in [9.17, 15) is 4.79 Å². The van der Waals surface area contributed by atoms with Crippen LogP contribution in [0.3, 0.4) is 0 Å². The Hall–Kier alpha value is -0.810. The number of urea groups is 1. The first-order chi connectivity index (χ1) is 8.13. The minimum atomic E-state index is -0.00854. The maximum absolute atomic E-state index is 11.8. The van der Waals surface area contributed by atoms with Crippen molar-refractivity contribution >= 4 is 6.03 Å². The number of hydrogen-bond donors (Lipinski definition) is 3. The summed E-state index contributed by atoms with van der Waals surface area (Å²) in [6.45, 7) is 2.03. The molecule has 5 heteroatoms. The highest BCUT2D eigenvalue weighted by Crippen LogP contribution is 2.16. The van der Waals surface area contributed by atoms with E-state index in [1.165, 1.54) is 0 Å². The van der Waals surface area contributed by atoms with Gasteiger partial charge in [0.15, 0.2) is 0 Å². The average Bonchev–Trinajstić information content (AvgIpc) is 2.67. The van der Waals surface area contributed by atoms with Gasteiger partial charge in [0, 0.05) is 24.7 Å². The fourth-order valence-electron chi connectivity index (χ4n) is 2.73. The molecule has 1 aliphatic carbocycles. The summed E-state index contributed by atoms with van der Waals surface area (Å²) in [7, 11) is 2.09. The number of likely N-dealkylation sites (tertiary alicyclic amines) is 1. The molecule has 0 aromatic carbocycles. The van der Waals surface area contributed by atoms with Gasteiger partial charge in [-0.3, -0.25) is 0 Å². The molecule has 0 bridgehead atoms. The van der Waals surface area contributed by atoms with Crippen molar-refractivity contribution in [3.63, 3.8) is 0 Å². The van der Waals surface area contributed by atoms with Crippen molar-refractivity contribution in [1.29, 1.82) is 0 Å². The molecule has 2 amide bonds. The fraction of sp³-hybridized carbons (Fsp3) is 0.917. The van der Waals surface area contributed by atoms with E-state index < -0.39 is 0 Å². The number of rotatable bonds is 2. The maximum atomic E-state index is 11.8. The molecule has 0 radical (unpaired) electrons. The molecule has 1 aliphatic heterocycles. The summed E-state index contributed by atoms with van der Waals surface area (Å²) in [6.07, 6.45) is 5.13. The molecule has 4 N–H and O–H groups in total. The predicted molar refractivity (Wildman–Crippen MR) is 67.8 cm³/mol. The lowest BCUT2D eigenvalue weighted by molar-refractivity contribution is 0.227. The van der Waals surface area contributed by atoms with Gasteiger partial charge < -0.3 is 21.3 Å². The number of nitrogens with one attached hydrogen (secondary N) is 2. The van der Waals surface area contributed by atoms with Crippen LogP contribution < -0.4 is 16.4 Å². The third kappa shape index (κ3) is 3.85. The van der Waals surface area contributed by atoms with E-state index >= 15 is 0 Å². The van der Waals surface area contributed by atoms with E-state index in [1.54, 1.807) is 0 Å². The van der Waals surface area contributed by atoms with Crippen molar-refractivity contribution in [2.75, 3.05) is 20.1 Å². The predicted octanol–water partition coefficient (Wildman–Crippen LogP) is 0.260. The lowest BCUT2D eigenvalue weighted by atomic mass is 9.92. The van der Waals surface area contributed by atoms with Crippen molar-refractivity contribution in [2.24, 2.45) is 5.73 Å². The van der Waals surface area contributed by atoms with E-state index in [2.05, 4.69) is 22.6 Å². The Labute approximate surface area is 103 Å². The van der Waals surface area contributed by atoms with Gasteiger partial charge >= 0.3 is 6.03 Å². The molecule has 2 rings (SSSR count). The highest BCUT2D eigenvalue weighted by atomic mass is 16.2. The van der Waals surface area contributed by atoms with Crippen LogP contribution in [0.25, 0.3) is 0 Å². The standard InChI is InChI=1S/C12H24N4O/c1-16-7-6-11(8-16)15-12(17)14-10-4-2-9(13)3-5-10/h9-11H,2-8,13H2,1H3,(H2,14,15,17)/t9-,10-,11-/m0/s1. The van der Waals surface area contributed by atoms with Crippen LogP contribution >= 0.6 is 0 Å². The van der Waals surface area contributed by atoms with Crippen LogP contribution in [0.15, 0.2) is 0 Å². The van der Waals surface area contributed by atoms with Crippen molar-refractivity contribution in [2.45, 2.75) is 50.2 Å². The highest BCUT2D eigenvalue weighted by Gasteiger charge is 2.23. The van der Waals surface area contributed by atoms with E-state index in [4.69, 9.17) is 5.73 Å². The van der Waals surface area contributed by atoms with Crippen LogP contribution in [-0.4, -0.2) is 49.2 Å². The summed E-state index contributed by atoms with van der Waals surface area (Å²) < 4.78 is 0. The molecule has 0 aromatic heterocycles. The molecule has 2 fully saturated rings. The van der Waals surface area contributed by atoms with Gasteiger partial charge in [0.05, 0.1) is 0 Å². The minimum absolute atomic E-state index is 0.00854. The van der Waals surface area contributed by atoms with Crippen LogP contribution in [0, 0.1) is 0 Å². The second kappa shape index (κ2) is 5.69. The minimum Gasteiger partial charge on any atom is -0.335 e. The van der Waals surface area contributed by atoms with Gasteiger partial charge in [0.1, 0.15) is 0 Å². The van der Waals surface area contributed by atoms with Gasteiger partial charge in [-0.1, -0.05) is 0 Å². The Morgan fingerprint density at radius 2 is 1.76 bits per heavy atom. The molecule has 0 unspecified atom stereocenters. The molecule has 98 valence electrons. The van der Waals surface area contributed by atoms with Crippen molar-refractivity contribution in [1.82, 2.24) is 15.5 Å². The Morgan fingerprint density at radius 3 is 2.35 bits per heavy atom. The van der Waals surface area contributed by atoms with E-state index in [0.29, 0.717) is 18.1 Å². The zero-order chi connectivity index (χ0) is 12.3. The number of carbonyl (C=O) groups is 1. The highest BCUT2D eigenvalue weighted by molar-refractivity contribution is 5.74. The fourth-order valence-corrected chi connectivity index (χ4v) is 2.73. The zero-order valence-electron chi connectivity index (χ0n) is 10.6. The second-order valence-electron chi connectivity index (χ2n) is 5.48. The van der Waals surface area contributed by atoms with Gasteiger partial charge in [-0.2, -0.15) is 0 Å². The number of hydrogen-bond acceptors (Lipinski definition) is 3. The maximum Gasteiger partial charge on any atom is 0.315 e. The molecule has 17 heavy (non-hydrogen) atoms. The molecule has 1 heterocycles. The van der Waals surface area contributed by atoms with Gasteiger partial charge in [0.2, 0.25) is 0 Å². The number of nitrogens with two attached hydrogens (primary N) is 1. The molecular formula is C12H24N4O. The molecule has 5 nitrogen and oxygen atoms in total. The summed E-state index contributed by atoms with van der Waals surface area (Å²) in [6, 6.07) is 0.949. The summed E-state index contributed by atoms with van der Waals surface area (Å²) in [5.74, 6) is 0. The molecule has 1 atom stereocenters. The van der Waals surface area contributed by atoms with Crippen LogP contribution in [0.5, 0.6) is 0 Å². The zero-order valence-corrected chi connectivity index (χ0v) is 10.6. The Bertz CT molecular complexity index is 263. The summed E-state index contributed by atoms with van der Waals surface area (Å²) in [5, 5.41) is 6.10. The van der Waals surface area contributed by atoms with E-state index in [-0.39, 0.29) is 6.03 Å². The largest absolute Gasteiger partial charge is 0.335 e. The smallest absolute Gasteiger partial charge is 0.315 e. The summed E-state index contributed by atoms with van der Waals surface area (Å²) >= 11 is 0. The quantitative estimate of drug-likeness (QED) is 0.648. The van der Waals surface area contributed by atoms with Crippen LogP contribution in [0.4, 0.5) is 4.79 Å². The lowest BCUT2D eigenvalue weighted by Gasteiger charge is -2.27. The van der Waals surface area contributed by atoms with Crippen LogP contribution in [0.1, 0.15) is 32.1 Å². The number of amides is 2. The number of likely N-dealkylation sites (N-methyl/N-ethyl adjacent to an activating group) is 1. The third-order valence-corrected chi connectivity index (χ3v) is 3.83. The lowest BCUT2D eigenvalue weighted by Crippen LogP contribution is -2.48. The van der Waals surface area contributed by atoms with Crippen LogP contribution in [-0.2, 0) is 0 Å². The van der Waals surface area contributed by atoms with E-state index in [0.717, 1.165) is 45.2 Å². The summed E-state index contributed by atoms with van der Waals surface area (Å²) in [4.78, 5) is 14.0. The van der Waals surface area contributed by atoms with E-state index in [1.807, 2.05) is 0 Å². The number of carbonyl (C=O) groups excluding carboxylic acids is 1. The third-order valence-electron chi connectivity index (χ3n) is 3.83. The Kier molecular flexibility index (Phi) is 4.23. The van der Waals surface area contributed by atoms with Gasteiger partial charge in [0.25, 0.3) is 0 Å². The first-order valence-corrected chi connectivity index (χ1v) is 6.64. The summed E-state index contributed by atoms with van der Waals surface area (Å²) in [5.41, 5.74) is 5.84. The van der Waals surface area contributed by atoms with Gasteiger partial charge in [-0.25, -0.2) is 4.79 Å². The average molecular weight is 240 g/mol.